The van der Waals surface area contributed by atoms with Gasteiger partial charge in [-0.2, -0.15) is 0 Å². The molecule has 0 aliphatic carbocycles. The SMILES string of the molecule is Cc1[nH]c(=O)ccc1C(=O)N1CCC(C)C(O)C1. The van der Waals surface area contributed by atoms with Crippen LogP contribution in [0.2, 0.25) is 0 Å². The van der Waals surface area contributed by atoms with Gasteiger partial charge in [-0.1, -0.05) is 6.92 Å². The first kappa shape index (κ1) is 12.8. The Kier molecular flexibility index (Phi) is 3.52. The first-order chi connectivity index (χ1) is 8.49. The smallest absolute Gasteiger partial charge is 0.255 e. The van der Waals surface area contributed by atoms with Gasteiger partial charge in [0.2, 0.25) is 5.56 Å². The molecule has 5 heteroatoms. The van der Waals surface area contributed by atoms with E-state index in [0.29, 0.717) is 24.3 Å². The molecule has 2 heterocycles. The van der Waals surface area contributed by atoms with Crippen molar-refractivity contribution in [2.24, 2.45) is 5.92 Å². The molecular formula is C13H18N2O3. The molecule has 2 rings (SSSR count). The number of carbonyl (C=O) groups is 1. The number of β-amino-alcohol motifs (C(OH)–C–C–N with tert-alkyl or cyclic N) is 1. The zero-order valence-electron chi connectivity index (χ0n) is 10.6. The standard InChI is InChI=1S/C13H18N2O3/c1-8-5-6-15(7-11(8)16)13(18)10-3-4-12(17)14-9(10)2/h3-4,8,11,16H,5-7H2,1-2H3,(H,14,17). The van der Waals surface area contributed by atoms with Gasteiger partial charge in [0.15, 0.2) is 0 Å². The second-order valence-electron chi connectivity index (χ2n) is 4.95. The maximum absolute atomic E-state index is 12.3. The van der Waals surface area contributed by atoms with Crippen molar-refractivity contribution in [3.63, 3.8) is 0 Å². The molecule has 18 heavy (non-hydrogen) atoms. The molecule has 1 aromatic rings. The molecule has 1 aliphatic heterocycles. The average Bonchev–Trinajstić information content (AvgIpc) is 2.32. The van der Waals surface area contributed by atoms with E-state index in [0.717, 1.165) is 6.42 Å². The van der Waals surface area contributed by atoms with E-state index in [-0.39, 0.29) is 17.4 Å². The summed E-state index contributed by atoms with van der Waals surface area (Å²) >= 11 is 0. The predicted octanol–water partition coefficient (Wildman–Crippen LogP) is 0.526. The van der Waals surface area contributed by atoms with Crippen molar-refractivity contribution in [3.8, 4) is 0 Å². The van der Waals surface area contributed by atoms with Gasteiger partial charge in [-0.3, -0.25) is 9.59 Å². The van der Waals surface area contributed by atoms with Gasteiger partial charge in [0.25, 0.3) is 5.91 Å². The number of amides is 1. The first-order valence-electron chi connectivity index (χ1n) is 6.16. The molecular weight excluding hydrogens is 232 g/mol. The van der Waals surface area contributed by atoms with E-state index >= 15 is 0 Å². The fourth-order valence-electron chi connectivity index (χ4n) is 2.21. The summed E-state index contributed by atoms with van der Waals surface area (Å²) < 4.78 is 0. The maximum Gasteiger partial charge on any atom is 0.255 e. The summed E-state index contributed by atoms with van der Waals surface area (Å²) in [6.07, 6.45) is 0.334. The number of pyridine rings is 1. The van der Waals surface area contributed by atoms with Crippen molar-refractivity contribution in [2.45, 2.75) is 26.4 Å². The Hall–Kier alpha value is -1.62. The molecule has 0 saturated carbocycles. The molecule has 2 atom stereocenters. The number of nitrogens with zero attached hydrogens (tertiary/aromatic N) is 1. The average molecular weight is 250 g/mol. The Labute approximate surface area is 105 Å². The van der Waals surface area contributed by atoms with E-state index in [1.54, 1.807) is 17.9 Å². The predicted molar refractivity (Wildman–Crippen MR) is 67.5 cm³/mol. The molecule has 98 valence electrons. The van der Waals surface area contributed by atoms with Crippen molar-refractivity contribution in [3.05, 3.63) is 33.7 Å². The molecule has 0 spiro atoms. The Morgan fingerprint density at radius 3 is 2.83 bits per heavy atom. The van der Waals surface area contributed by atoms with Crippen LogP contribution < -0.4 is 5.56 Å². The highest BCUT2D eigenvalue weighted by atomic mass is 16.3. The number of hydrogen-bond donors (Lipinski definition) is 2. The molecule has 0 aromatic carbocycles. The first-order valence-corrected chi connectivity index (χ1v) is 6.16. The molecule has 5 nitrogen and oxygen atoms in total. The normalized spacial score (nSPS) is 24.1. The zero-order chi connectivity index (χ0) is 13.3. The van der Waals surface area contributed by atoms with E-state index in [1.807, 2.05) is 6.92 Å². The second kappa shape index (κ2) is 4.94. The van der Waals surface area contributed by atoms with Crippen molar-refractivity contribution < 1.29 is 9.90 Å². The van der Waals surface area contributed by atoms with Crippen molar-refractivity contribution in [1.82, 2.24) is 9.88 Å². The van der Waals surface area contributed by atoms with Crippen LogP contribution in [0.25, 0.3) is 0 Å². The highest BCUT2D eigenvalue weighted by Crippen LogP contribution is 2.19. The highest BCUT2D eigenvalue weighted by Gasteiger charge is 2.28. The third-order valence-electron chi connectivity index (χ3n) is 3.55. The van der Waals surface area contributed by atoms with Crippen LogP contribution in [0, 0.1) is 12.8 Å². The molecule has 1 amide bonds. The van der Waals surface area contributed by atoms with Gasteiger partial charge in [0.1, 0.15) is 0 Å². The van der Waals surface area contributed by atoms with Gasteiger partial charge >= 0.3 is 0 Å². The number of piperidine rings is 1. The molecule has 1 aliphatic rings. The van der Waals surface area contributed by atoms with Gasteiger partial charge in [0.05, 0.1) is 11.7 Å². The molecule has 1 fully saturated rings. The maximum atomic E-state index is 12.3. The third kappa shape index (κ3) is 2.46. The summed E-state index contributed by atoms with van der Waals surface area (Å²) in [4.78, 5) is 27.7. The number of H-pyrrole nitrogens is 1. The lowest BCUT2D eigenvalue weighted by Crippen LogP contribution is -2.46. The largest absolute Gasteiger partial charge is 0.391 e. The number of nitrogens with one attached hydrogen (secondary N) is 1. The summed E-state index contributed by atoms with van der Waals surface area (Å²) in [6, 6.07) is 2.89. The third-order valence-corrected chi connectivity index (χ3v) is 3.55. The lowest BCUT2D eigenvalue weighted by atomic mass is 9.95. The number of aryl methyl sites for hydroxylation is 1. The number of aromatic nitrogens is 1. The minimum atomic E-state index is -0.467. The van der Waals surface area contributed by atoms with Crippen LogP contribution in [-0.2, 0) is 0 Å². The molecule has 0 bridgehead atoms. The topological polar surface area (TPSA) is 73.4 Å². The summed E-state index contributed by atoms with van der Waals surface area (Å²) in [5.41, 5.74) is 0.855. The number of likely N-dealkylation sites (tertiary alicyclic amines) is 1. The van der Waals surface area contributed by atoms with Gasteiger partial charge in [-0.15, -0.1) is 0 Å². The Morgan fingerprint density at radius 2 is 2.22 bits per heavy atom. The molecule has 2 N–H and O–H groups in total. The van der Waals surface area contributed by atoms with Crippen LogP contribution in [0.3, 0.4) is 0 Å². The van der Waals surface area contributed by atoms with Crippen LogP contribution in [0.1, 0.15) is 29.4 Å². The molecule has 1 saturated heterocycles. The Morgan fingerprint density at radius 1 is 1.50 bits per heavy atom. The van der Waals surface area contributed by atoms with Gasteiger partial charge in [0, 0.05) is 24.8 Å². The van der Waals surface area contributed by atoms with Gasteiger partial charge in [-0.25, -0.2) is 0 Å². The fourth-order valence-corrected chi connectivity index (χ4v) is 2.21. The van der Waals surface area contributed by atoms with Crippen molar-refractivity contribution in [1.29, 1.82) is 0 Å². The molecule has 0 radical (unpaired) electrons. The number of aliphatic hydroxyl groups is 1. The van der Waals surface area contributed by atoms with Crippen LogP contribution in [0.5, 0.6) is 0 Å². The lowest BCUT2D eigenvalue weighted by molar-refractivity contribution is 0.0248. The Bertz CT molecular complexity index is 509. The van der Waals surface area contributed by atoms with E-state index < -0.39 is 6.10 Å². The van der Waals surface area contributed by atoms with E-state index in [4.69, 9.17) is 0 Å². The van der Waals surface area contributed by atoms with Crippen LogP contribution in [-0.4, -0.2) is 40.1 Å². The number of aliphatic hydroxyl groups excluding tert-OH is 1. The quantitative estimate of drug-likeness (QED) is 0.763. The van der Waals surface area contributed by atoms with E-state index in [2.05, 4.69) is 4.98 Å². The van der Waals surface area contributed by atoms with E-state index in [1.165, 1.54) is 6.07 Å². The Balaban J connectivity index is 2.19. The fraction of sp³-hybridized carbons (Fsp3) is 0.538. The number of hydrogen-bond acceptors (Lipinski definition) is 3. The summed E-state index contributed by atoms with van der Waals surface area (Å²) in [7, 11) is 0. The molecule has 1 aromatic heterocycles. The summed E-state index contributed by atoms with van der Waals surface area (Å²) in [6.45, 7) is 4.70. The zero-order valence-corrected chi connectivity index (χ0v) is 10.6. The van der Waals surface area contributed by atoms with Crippen molar-refractivity contribution in [2.75, 3.05) is 13.1 Å². The van der Waals surface area contributed by atoms with Gasteiger partial charge < -0.3 is 15.0 Å². The second-order valence-corrected chi connectivity index (χ2v) is 4.95. The summed E-state index contributed by atoms with van der Waals surface area (Å²) in [5, 5.41) is 9.81. The van der Waals surface area contributed by atoms with E-state index in [9.17, 15) is 14.7 Å². The van der Waals surface area contributed by atoms with Crippen LogP contribution in [0.15, 0.2) is 16.9 Å². The van der Waals surface area contributed by atoms with Gasteiger partial charge in [-0.05, 0) is 25.3 Å². The van der Waals surface area contributed by atoms with Crippen LogP contribution in [0.4, 0.5) is 0 Å². The molecule has 2 unspecified atom stereocenters. The monoisotopic (exact) mass is 250 g/mol. The number of rotatable bonds is 1. The number of carbonyl (C=O) groups excluding carboxylic acids is 1. The van der Waals surface area contributed by atoms with Crippen LogP contribution >= 0.6 is 0 Å². The minimum absolute atomic E-state index is 0.130. The minimum Gasteiger partial charge on any atom is -0.391 e. The highest BCUT2D eigenvalue weighted by molar-refractivity contribution is 5.95. The number of aromatic amines is 1. The summed E-state index contributed by atoms with van der Waals surface area (Å²) in [5.74, 6) is 0.0976. The lowest BCUT2D eigenvalue weighted by Gasteiger charge is -2.34. The van der Waals surface area contributed by atoms with Crippen molar-refractivity contribution >= 4 is 5.91 Å².